The Morgan fingerprint density at radius 1 is 0.861 bits per heavy atom. The van der Waals surface area contributed by atoms with Crippen LogP contribution >= 0.6 is 0 Å². The molecule has 0 unspecified atom stereocenters. The lowest BCUT2D eigenvalue weighted by atomic mass is 9.95. The van der Waals surface area contributed by atoms with Gasteiger partial charge in [-0.05, 0) is 54.4 Å². The Labute approximate surface area is 202 Å². The number of nitrogens with zero attached hydrogens (tertiary/aromatic N) is 1. The molecule has 0 aliphatic carbocycles. The number of nitrogens with one attached hydrogen (secondary N) is 1. The highest BCUT2D eigenvalue weighted by molar-refractivity contribution is 6.11. The van der Waals surface area contributed by atoms with Crippen molar-refractivity contribution in [2.24, 2.45) is 0 Å². The van der Waals surface area contributed by atoms with Crippen molar-refractivity contribution >= 4 is 22.8 Å². The highest BCUT2D eigenvalue weighted by Gasteiger charge is 2.23. The molecule has 1 aromatic heterocycles. The van der Waals surface area contributed by atoms with Crippen LogP contribution in [0.2, 0.25) is 0 Å². The van der Waals surface area contributed by atoms with Gasteiger partial charge in [0.1, 0.15) is 41.1 Å². The second kappa shape index (κ2) is 10.0. The average Bonchev–Trinajstić information content (AvgIpc) is 2.81. The number of amides is 1. The van der Waals surface area contributed by atoms with Gasteiger partial charge in [0.25, 0.3) is 5.91 Å². The summed E-state index contributed by atoms with van der Waals surface area (Å²) in [7, 11) is 0. The van der Waals surface area contributed by atoms with Crippen LogP contribution in [0, 0.1) is 23.3 Å². The van der Waals surface area contributed by atoms with Crippen LogP contribution in [0.4, 0.5) is 17.6 Å². The molecule has 2 N–H and O–H groups in total. The lowest BCUT2D eigenvalue weighted by Crippen LogP contribution is -2.31. The second-order valence-corrected chi connectivity index (χ2v) is 7.75. The van der Waals surface area contributed by atoms with E-state index in [-0.39, 0.29) is 45.3 Å². The number of phenolic OH excluding ortho intramolecular Hbond substituents is 1. The summed E-state index contributed by atoms with van der Waals surface area (Å²) in [6, 6.07) is 8.24. The van der Waals surface area contributed by atoms with E-state index in [1.54, 1.807) is 6.92 Å². The van der Waals surface area contributed by atoms with Crippen molar-refractivity contribution in [2.75, 3.05) is 13.2 Å². The number of aromatic nitrogens is 1. The van der Waals surface area contributed by atoms with Gasteiger partial charge in [0.2, 0.25) is 0 Å². The number of phenols is 1. The number of halogens is 4. The van der Waals surface area contributed by atoms with Gasteiger partial charge < -0.3 is 15.2 Å². The van der Waals surface area contributed by atoms with Crippen molar-refractivity contribution in [3.8, 4) is 28.0 Å². The molecule has 1 amide bonds. The SMILES string of the molecule is CCOC(=O)CNC(=O)c1c(O)c(-c2cc(F)cc(F)c2)cc2cc(-c3cc(F)cc(F)c3)cnc12. The molecule has 4 rings (SSSR count). The molecule has 10 heteroatoms. The van der Waals surface area contributed by atoms with E-state index in [9.17, 15) is 32.3 Å². The van der Waals surface area contributed by atoms with Gasteiger partial charge in [-0.3, -0.25) is 14.6 Å². The first-order valence-electron chi connectivity index (χ1n) is 10.7. The number of hydrogen-bond donors (Lipinski definition) is 2. The molecule has 0 radical (unpaired) electrons. The molecule has 0 spiro atoms. The highest BCUT2D eigenvalue weighted by atomic mass is 19.1. The van der Waals surface area contributed by atoms with E-state index in [0.717, 1.165) is 24.3 Å². The maximum atomic E-state index is 13.9. The molecular weight excluding hydrogens is 480 g/mol. The summed E-state index contributed by atoms with van der Waals surface area (Å²) < 4.78 is 60.1. The number of rotatable bonds is 6. The molecule has 184 valence electrons. The van der Waals surface area contributed by atoms with E-state index < -0.39 is 47.4 Å². The Morgan fingerprint density at radius 2 is 1.44 bits per heavy atom. The summed E-state index contributed by atoms with van der Waals surface area (Å²) in [6.45, 7) is 1.17. The molecule has 0 atom stereocenters. The Morgan fingerprint density at radius 3 is 2.03 bits per heavy atom. The minimum atomic E-state index is -0.917. The minimum absolute atomic E-state index is 0.0184. The van der Waals surface area contributed by atoms with Crippen LogP contribution < -0.4 is 5.32 Å². The standard InChI is InChI=1S/C26H18F4N2O4/c1-2-36-22(33)12-32-26(35)23-24-15(3-16(11-31-24)13-4-17(27)9-18(28)5-13)8-21(25(23)34)14-6-19(29)10-20(30)7-14/h3-11,34H,2,12H2,1H3,(H,32,35). The molecule has 0 aliphatic heterocycles. The third-order valence-corrected chi connectivity index (χ3v) is 5.24. The van der Waals surface area contributed by atoms with Crippen molar-refractivity contribution in [2.45, 2.75) is 6.92 Å². The van der Waals surface area contributed by atoms with Crippen LogP contribution in [-0.2, 0) is 9.53 Å². The quantitative estimate of drug-likeness (QED) is 0.285. The summed E-state index contributed by atoms with van der Waals surface area (Å²) in [5.74, 6) is -5.72. The molecule has 6 nitrogen and oxygen atoms in total. The molecule has 1 heterocycles. The fourth-order valence-electron chi connectivity index (χ4n) is 3.75. The predicted octanol–water partition coefficient (Wildman–Crippen LogP) is 5.12. The topological polar surface area (TPSA) is 88.5 Å². The third kappa shape index (κ3) is 5.12. The van der Waals surface area contributed by atoms with Crippen LogP contribution in [-0.4, -0.2) is 35.1 Å². The van der Waals surface area contributed by atoms with Crippen molar-refractivity contribution in [1.82, 2.24) is 10.3 Å². The van der Waals surface area contributed by atoms with E-state index >= 15 is 0 Å². The van der Waals surface area contributed by atoms with Crippen LogP contribution in [0.1, 0.15) is 17.3 Å². The van der Waals surface area contributed by atoms with Gasteiger partial charge in [0.15, 0.2) is 0 Å². The molecule has 4 aromatic rings. The summed E-state index contributed by atoms with van der Waals surface area (Å²) in [4.78, 5) is 28.9. The second-order valence-electron chi connectivity index (χ2n) is 7.75. The fraction of sp³-hybridized carbons (Fsp3) is 0.115. The number of fused-ring (bicyclic) bond motifs is 1. The molecule has 0 bridgehead atoms. The van der Waals surface area contributed by atoms with Gasteiger partial charge >= 0.3 is 5.97 Å². The van der Waals surface area contributed by atoms with E-state index in [1.807, 2.05) is 0 Å². The molecule has 0 saturated heterocycles. The van der Waals surface area contributed by atoms with Crippen molar-refractivity contribution in [3.05, 3.63) is 83.6 Å². The Hall–Kier alpha value is -4.47. The van der Waals surface area contributed by atoms with Gasteiger partial charge in [-0.25, -0.2) is 17.6 Å². The molecule has 36 heavy (non-hydrogen) atoms. The maximum Gasteiger partial charge on any atom is 0.325 e. The fourth-order valence-corrected chi connectivity index (χ4v) is 3.75. The number of carbonyl (C=O) groups excluding carboxylic acids is 2. The van der Waals surface area contributed by atoms with Crippen LogP contribution in [0.5, 0.6) is 5.75 Å². The molecule has 0 saturated carbocycles. The molecule has 3 aromatic carbocycles. The van der Waals surface area contributed by atoms with E-state index in [0.29, 0.717) is 12.1 Å². The lowest BCUT2D eigenvalue weighted by molar-refractivity contribution is -0.141. The van der Waals surface area contributed by atoms with Crippen LogP contribution in [0.25, 0.3) is 33.2 Å². The van der Waals surface area contributed by atoms with Gasteiger partial charge in [-0.15, -0.1) is 0 Å². The summed E-state index contributed by atoms with van der Waals surface area (Å²) in [5, 5.41) is 13.5. The first-order valence-corrected chi connectivity index (χ1v) is 10.7. The number of carbonyl (C=O) groups is 2. The zero-order chi connectivity index (χ0) is 26.0. The Balaban J connectivity index is 1.91. The summed E-state index contributed by atoms with van der Waals surface area (Å²) >= 11 is 0. The van der Waals surface area contributed by atoms with Crippen LogP contribution in [0.15, 0.2) is 54.7 Å². The predicted molar refractivity (Wildman–Crippen MR) is 123 cm³/mol. The first-order chi connectivity index (χ1) is 17.2. The summed E-state index contributed by atoms with van der Waals surface area (Å²) in [5.41, 5.74) is -0.133. The number of ether oxygens (including phenoxy) is 1. The highest BCUT2D eigenvalue weighted by Crippen LogP contribution is 2.39. The number of pyridine rings is 1. The van der Waals surface area contributed by atoms with Gasteiger partial charge in [-0.2, -0.15) is 0 Å². The molecule has 0 fully saturated rings. The molecular formula is C26H18F4N2O4. The van der Waals surface area contributed by atoms with Gasteiger partial charge in [0, 0.05) is 34.8 Å². The Bertz CT molecular complexity index is 1470. The normalized spacial score (nSPS) is 10.9. The van der Waals surface area contributed by atoms with Crippen molar-refractivity contribution in [3.63, 3.8) is 0 Å². The van der Waals surface area contributed by atoms with E-state index in [1.165, 1.54) is 18.3 Å². The number of hydrogen-bond acceptors (Lipinski definition) is 5. The number of aromatic hydroxyl groups is 1. The monoisotopic (exact) mass is 498 g/mol. The zero-order valence-corrected chi connectivity index (χ0v) is 18.7. The Kier molecular flexibility index (Phi) is 6.86. The third-order valence-electron chi connectivity index (χ3n) is 5.24. The number of esters is 1. The van der Waals surface area contributed by atoms with Gasteiger partial charge in [0.05, 0.1) is 12.1 Å². The van der Waals surface area contributed by atoms with E-state index in [4.69, 9.17) is 4.74 Å². The minimum Gasteiger partial charge on any atom is -0.506 e. The smallest absolute Gasteiger partial charge is 0.325 e. The summed E-state index contributed by atoms with van der Waals surface area (Å²) in [6.07, 6.45) is 1.25. The average molecular weight is 498 g/mol. The largest absolute Gasteiger partial charge is 0.506 e. The number of benzene rings is 3. The van der Waals surface area contributed by atoms with Crippen molar-refractivity contribution in [1.29, 1.82) is 0 Å². The lowest BCUT2D eigenvalue weighted by Gasteiger charge is -2.15. The van der Waals surface area contributed by atoms with Gasteiger partial charge in [-0.1, -0.05) is 0 Å². The zero-order valence-electron chi connectivity index (χ0n) is 18.7. The van der Waals surface area contributed by atoms with Crippen molar-refractivity contribution < 1.29 is 37.0 Å². The maximum absolute atomic E-state index is 13.9. The first kappa shape index (κ1) is 24.6. The molecule has 0 aliphatic rings. The van der Waals surface area contributed by atoms with E-state index in [2.05, 4.69) is 10.3 Å². The van der Waals surface area contributed by atoms with Crippen LogP contribution in [0.3, 0.4) is 0 Å².